The lowest BCUT2D eigenvalue weighted by atomic mass is 9.91. The smallest absolute Gasteiger partial charge is 0.416 e. The van der Waals surface area contributed by atoms with Gasteiger partial charge >= 0.3 is 12.2 Å². The summed E-state index contributed by atoms with van der Waals surface area (Å²) in [5.74, 6) is 0.474. The first-order valence-corrected chi connectivity index (χ1v) is 9.39. The van der Waals surface area contributed by atoms with E-state index < -0.39 is 29.2 Å². The van der Waals surface area contributed by atoms with Gasteiger partial charge in [-0.3, -0.25) is 9.69 Å². The number of carbonyl (C=O) groups is 2. The minimum Gasteiger partial charge on any atom is -0.490 e. The van der Waals surface area contributed by atoms with Crippen LogP contribution in [-0.2, 0) is 23.1 Å². The van der Waals surface area contributed by atoms with Gasteiger partial charge in [-0.25, -0.2) is 4.79 Å². The van der Waals surface area contributed by atoms with Gasteiger partial charge in [-0.2, -0.15) is 13.2 Å². The summed E-state index contributed by atoms with van der Waals surface area (Å²) in [5, 5.41) is 2.65. The molecule has 1 atom stereocenters. The molecule has 1 fully saturated rings. The number of rotatable bonds is 3. The molecule has 30 heavy (non-hydrogen) atoms. The van der Waals surface area contributed by atoms with Gasteiger partial charge in [0.05, 0.1) is 25.3 Å². The Balaban J connectivity index is 1.60. The maximum absolute atomic E-state index is 13.1. The van der Waals surface area contributed by atoms with E-state index >= 15 is 0 Å². The van der Waals surface area contributed by atoms with Gasteiger partial charge in [0.2, 0.25) is 0 Å². The summed E-state index contributed by atoms with van der Waals surface area (Å²) in [5.41, 5.74) is -1.51. The van der Waals surface area contributed by atoms with Gasteiger partial charge in [0.1, 0.15) is 5.54 Å². The minimum absolute atomic E-state index is 0.205. The molecule has 6 nitrogen and oxygen atoms in total. The Hall–Kier alpha value is -3.23. The van der Waals surface area contributed by atoms with Crippen LogP contribution in [0.15, 0.2) is 42.5 Å². The average Bonchev–Trinajstić information content (AvgIpc) is 2.87. The summed E-state index contributed by atoms with van der Waals surface area (Å²) >= 11 is 0. The van der Waals surface area contributed by atoms with Crippen LogP contribution in [0.4, 0.5) is 18.0 Å². The number of nitrogens with one attached hydrogen (secondary N) is 1. The third-order valence-electron chi connectivity index (χ3n) is 5.19. The Morgan fingerprint density at radius 1 is 1.07 bits per heavy atom. The lowest BCUT2D eigenvalue weighted by Crippen LogP contribution is -2.40. The average molecular weight is 420 g/mol. The molecule has 2 aliphatic rings. The summed E-state index contributed by atoms with van der Waals surface area (Å²) in [7, 11) is 0. The molecule has 1 saturated heterocycles. The van der Waals surface area contributed by atoms with Crippen LogP contribution in [0.25, 0.3) is 0 Å². The molecule has 3 amide bonds. The summed E-state index contributed by atoms with van der Waals surface area (Å²) < 4.78 is 50.1. The third-order valence-corrected chi connectivity index (χ3v) is 5.19. The van der Waals surface area contributed by atoms with Crippen molar-refractivity contribution in [1.82, 2.24) is 10.2 Å². The van der Waals surface area contributed by atoms with Crippen molar-refractivity contribution in [2.45, 2.75) is 31.6 Å². The Bertz CT molecular complexity index is 1010. The van der Waals surface area contributed by atoms with Crippen LogP contribution in [0, 0.1) is 0 Å². The highest BCUT2D eigenvalue weighted by Crippen LogP contribution is 2.37. The first-order chi connectivity index (χ1) is 14.2. The monoisotopic (exact) mass is 420 g/mol. The number of carbonyl (C=O) groups excluding carboxylic acids is 2. The van der Waals surface area contributed by atoms with Crippen LogP contribution < -0.4 is 14.8 Å². The molecule has 2 aliphatic heterocycles. The number of urea groups is 1. The first-order valence-electron chi connectivity index (χ1n) is 9.39. The molecule has 0 spiro atoms. The summed E-state index contributed by atoms with van der Waals surface area (Å²) in [6.45, 7) is 2.27. The number of halogens is 3. The van der Waals surface area contributed by atoms with Crippen molar-refractivity contribution in [2.24, 2.45) is 0 Å². The molecule has 0 saturated carbocycles. The van der Waals surface area contributed by atoms with E-state index in [1.165, 1.54) is 12.1 Å². The number of hydrogen-bond donors (Lipinski definition) is 1. The Morgan fingerprint density at radius 3 is 2.53 bits per heavy atom. The van der Waals surface area contributed by atoms with Gasteiger partial charge in [0, 0.05) is 6.42 Å². The predicted octanol–water partition coefficient (Wildman–Crippen LogP) is 3.83. The SMILES string of the molecule is C[C@@]1(c2ccc3c(c2)OCCCO3)NC(=O)N(Cc2cccc(C(F)(F)F)c2)C1=O. The van der Waals surface area contributed by atoms with E-state index in [1.807, 2.05) is 0 Å². The van der Waals surface area contributed by atoms with Crippen molar-refractivity contribution in [3.63, 3.8) is 0 Å². The molecule has 2 aromatic carbocycles. The molecule has 0 bridgehead atoms. The fourth-order valence-corrected chi connectivity index (χ4v) is 3.54. The highest BCUT2D eigenvalue weighted by molar-refractivity contribution is 6.07. The number of hydrogen-bond acceptors (Lipinski definition) is 4. The standard InChI is InChI=1S/C21H19F3N2O4/c1-20(14-6-7-16-17(11-14)30-9-3-8-29-16)18(27)26(19(28)25-20)12-13-4-2-5-15(10-13)21(22,23)24/h2,4-7,10-11H,3,8-9,12H2,1H3,(H,25,28)/t20-/m0/s1. The highest BCUT2D eigenvalue weighted by atomic mass is 19.4. The van der Waals surface area contributed by atoms with Crippen LogP contribution >= 0.6 is 0 Å². The van der Waals surface area contributed by atoms with Crippen LogP contribution in [0.1, 0.15) is 30.0 Å². The first kappa shape index (κ1) is 20.1. The van der Waals surface area contributed by atoms with Crippen LogP contribution in [0.5, 0.6) is 11.5 Å². The number of imide groups is 1. The van der Waals surface area contributed by atoms with E-state index in [-0.39, 0.29) is 12.1 Å². The van der Waals surface area contributed by atoms with E-state index in [1.54, 1.807) is 25.1 Å². The van der Waals surface area contributed by atoms with Gasteiger partial charge in [0.25, 0.3) is 5.91 Å². The van der Waals surface area contributed by atoms with Gasteiger partial charge in [0.15, 0.2) is 11.5 Å². The van der Waals surface area contributed by atoms with E-state index in [2.05, 4.69) is 5.32 Å². The number of benzene rings is 2. The fraction of sp³-hybridized carbons (Fsp3) is 0.333. The van der Waals surface area contributed by atoms with Crippen LogP contribution in [0.2, 0.25) is 0 Å². The van der Waals surface area contributed by atoms with E-state index in [4.69, 9.17) is 9.47 Å². The minimum atomic E-state index is -4.51. The second-order valence-corrected chi connectivity index (χ2v) is 7.36. The summed E-state index contributed by atoms with van der Waals surface area (Å²) in [4.78, 5) is 26.5. The molecule has 1 N–H and O–H groups in total. The van der Waals surface area contributed by atoms with Gasteiger partial charge in [-0.1, -0.05) is 18.2 Å². The normalized spacial score (nSPS) is 21.4. The molecular formula is C21H19F3N2O4. The number of ether oxygens (including phenoxy) is 2. The number of nitrogens with zero attached hydrogens (tertiary/aromatic N) is 1. The van der Waals surface area contributed by atoms with Crippen LogP contribution in [-0.4, -0.2) is 30.1 Å². The van der Waals surface area contributed by atoms with Gasteiger partial charge in [-0.15, -0.1) is 0 Å². The topological polar surface area (TPSA) is 67.9 Å². The molecule has 0 unspecified atom stereocenters. The molecule has 2 aromatic rings. The molecular weight excluding hydrogens is 401 g/mol. The van der Waals surface area contributed by atoms with Gasteiger partial charge in [-0.05, 0) is 42.3 Å². The maximum Gasteiger partial charge on any atom is 0.416 e. The lowest BCUT2D eigenvalue weighted by Gasteiger charge is -2.23. The van der Waals surface area contributed by atoms with Crippen molar-refractivity contribution in [2.75, 3.05) is 13.2 Å². The van der Waals surface area contributed by atoms with E-state index in [0.717, 1.165) is 23.5 Å². The van der Waals surface area contributed by atoms with Crippen molar-refractivity contribution in [3.05, 3.63) is 59.2 Å². The second-order valence-electron chi connectivity index (χ2n) is 7.36. The molecule has 2 heterocycles. The van der Waals surface area contributed by atoms with Crippen molar-refractivity contribution >= 4 is 11.9 Å². The highest BCUT2D eigenvalue weighted by Gasteiger charge is 2.49. The molecule has 0 aromatic heterocycles. The van der Waals surface area contributed by atoms with E-state index in [9.17, 15) is 22.8 Å². The predicted molar refractivity (Wildman–Crippen MR) is 99.9 cm³/mol. The number of alkyl halides is 3. The van der Waals surface area contributed by atoms with Crippen LogP contribution in [0.3, 0.4) is 0 Å². The summed E-state index contributed by atoms with van der Waals surface area (Å²) in [6.07, 6.45) is -3.78. The molecule has 0 aliphatic carbocycles. The van der Waals surface area contributed by atoms with Crippen molar-refractivity contribution in [1.29, 1.82) is 0 Å². The third kappa shape index (κ3) is 3.55. The van der Waals surface area contributed by atoms with Gasteiger partial charge < -0.3 is 14.8 Å². The second kappa shape index (κ2) is 7.23. The Labute approximate surface area is 170 Å². The van der Waals surface area contributed by atoms with E-state index in [0.29, 0.717) is 30.3 Å². The summed E-state index contributed by atoms with van der Waals surface area (Å²) in [6, 6.07) is 8.88. The fourth-order valence-electron chi connectivity index (χ4n) is 3.54. The zero-order chi connectivity index (χ0) is 21.5. The molecule has 0 radical (unpaired) electrons. The Kier molecular flexibility index (Phi) is 4.83. The molecule has 9 heteroatoms. The lowest BCUT2D eigenvalue weighted by molar-refractivity contribution is -0.137. The maximum atomic E-state index is 13.1. The van der Waals surface area contributed by atoms with Crippen molar-refractivity contribution in [3.8, 4) is 11.5 Å². The van der Waals surface area contributed by atoms with Crippen molar-refractivity contribution < 1.29 is 32.2 Å². The zero-order valence-electron chi connectivity index (χ0n) is 16.1. The Morgan fingerprint density at radius 2 is 1.80 bits per heavy atom. The number of amides is 3. The molecule has 4 rings (SSSR count). The zero-order valence-corrected chi connectivity index (χ0v) is 16.1. The largest absolute Gasteiger partial charge is 0.490 e. The number of fused-ring (bicyclic) bond motifs is 1. The molecule has 158 valence electrons. The quantitative estimate of drug-likeness (QED) is 0.767.